The van der Waals surface area contributed by atoms with Crippen LogP contribution in [0.15, 0.2) is 0 Å². The Morgan fingerprint density at radius 3 is 2.70 bits per heavy atom. The zero-order valence-electron chi connectivity index (χ0n) is 12.8. The lowest BCUT2D eigenvalue weighted by Gasteiger charge is -2.26. The van der Waals surface area contributed by atoms with Crippen molar-refractivity contribution in [3.05, 3.63) is 0 Å². The Morgan fingerprint density at radius 2 is 2.15 bits per heavy atom. The summed E-state index contributed by atoms with van der Waals surface area (Å²) in [5.41, 5.74) is 0. The van der Waals surface area contributed by atoms with Crippen LogP contribution in [0, 0.1) is 5.92 Å². The van der Waals surface area contributed by atoms with Gasteiger partial charge in [0.2, 0.25) is 0 Å². The normalized spacial score (nSPS) is 19.3. The molecule has 1 saturated heterocycles. The molecule has 0 bridgehead atoms. The minimum absolute atomic E-state index is 0.244. The fourth-order valence-corrected chi connectivity index (χ4v) is 2.68. The fraction of sp³-hybridized carbons (Fsp3) is 0.857. The molecule has 0 aromatic heterocycles. The number of hydrogen-bond donors (Lipinski definition) is 2. The van der Waals surface area contributed by atoms with Gasteiger partial charge in [0.25, 0.3) is 0 Å². The van der Waals surface area contributed by atoms with E-state index < -0.39 is 5.97 Å². The van der Waals surface area contributed by atoms with E-state index >= 15 is 0 Å². The molecule has 0 aliphatic carbocycles. The van der Waals surface area contributed by atoms with E-state index in [1.165, 1.54) is 11.3 Å². The standard InChI is InChI=1S/C14H27N3O3/c1-4-16-7-5-6-12(16)8-15-14(20)17(9-11(2)3)10-13(18)19/h11-12H,4-10H2,1-3H3,(H,15,20)(H,18,19). The van der Waals surface area contributed by atoms with E-state index in [4.69, 9.17) is 5.11 Å². The lowest BCUT2D eigenvalue weighted by molar-refractivity contribution is -0.137. The van der Waals surface area contributed by atoms with Gasteiger partial charge in [-0.25, -0.2) is 4.79 Å². The van der Waals surface area contributed by atoms with E-state index in [-0.39, 0.29) is 18.5 Å². The van der Waals surface area contributed by atoms with Crippen LogP contribution in [0.3, 0.4) is 0 Å². The Morgan fingerprint density at radius 1 is 1.45 bits per heavy atom. The smallest absolute Gasteiger partial charge is 0.323 e. The van der Waals surface area contributed by atoms with Gasteiger partial charge in [0, 0.05) is 19.1 Å². The summed E-state index contributed by atoms with van der Waals surface area (Å²) >= 11 is 0. The third-order valence-electron chi connectivity index (χ3n) is 3.59. The molecule has 1 aliphatic heterocycles. The minimum atomic E-state index is -0.975. The van der Waals surface area contributed by atoms with Gasteiger partial charge in [-0.15, -0.1) is 0 Å². The van der Waals surface area contributed by atoms with Crippen LogP contribution in [0.5, 0.6) is 0 Å². The number of hydrogen-bond acceptors (Lipinski definition) is 3. The van der Waals surface area contributed by atoms with Crippen LogP contribution in [0.2, 0.25) is 0 Å². The SMILES string of the molecule is CCN1CCCC1CNC(=O)N(CC(=O)O)CC(C)C. The summed E-state index contributed by atoms with van der Waals surface area (Å²) < 4.78 is 0. The van der Waals surface area contributed by atoms with Crippen LogP contribution in [0.1, 0.15) is 33.6 Å². The molecule has 0 saturated carbocycles. The van der Waals surface area contributed by atoms with Crippen molar-refractivity contribution in [1.82, 2.24) is 15.1 Å². The van der Waals surface area contributed by atoms with E-state index in [1.807, 2.05) is 13.8 Å². The van der Waals surface area contributed by atoms with Gasteiger partial charge in [-0.1, -0.05) is 20.8 Å². The number of carboxylic acids is 1. The van der Waals surface area contributed by atoms with Gasteiger partial charge in [0.05, 0.1) is 0 Å². The van der Waals surface area contributed by atoms with Crippen molar-refractivity contribution in [2.24, 2.45) is 5.92 Å². The Labute approximate surface area is 121 Å². The zero-order chi connectivity index (χ0) is 15.1. The van der Waals surface area contributed by atoms with Gasteiger partial charge in [0.1, 0.15) is 6.54 Å². The molecule has 0 aromatic rings. The second-order valence-corrected chi connectivity index (χ2v) is 5.78. The van der Waals surface area contributed by atoms with Crippen molar-refractivity contribution >= 4 is 12.0 Å². The van der Waals surface area contributed by atoms with E-state index in [2.05, 4.69) is 17.1 Å². The number of likely N-dealkylation sites (N-methyl/N-ethyl adjacent to an activating group) is 1. The van der Waals surface area contributed by atoms with Gasteiger partial charge in [-0.3, -0.25) is 9.69 Å². The van der Waals surface area contributed by atoms with Crippen LogP contribution in [-0.4, -0.2) is 65.7 Å². The number of carboxylic acid groups (broad SMARTS) is 1. The molecule has 6 heteroatoms. The summed E-state index contributed by atoms with van der Waals surface area (Å²) in [6.45, 7) is 8.95. The van der Waals surface area contributed by atoms with Crippen LogP contribution in [-0.2, 0) is 4.79 Å². The largest absolute Gasteiger partial charge is 0.480 e. The van der Waals surface area contributed by atoms with E-state index in [0.717, 1.165) is 19.5 Å². The molecule has 116 valence electrons. The van der Waals surface area contributed by atoms with E-state index in [0.29, 0.717) is 19.1 Å². The maximum Gasteiger partial charge on any atom is 0.323 e. The van der Waals surface area contributed by atoms with Crippen molar-refractivity contribution in [3.63, 3.8) is 0 Å². The van der Waals surface area contributed by atoms with Gasteiger partial charge >= 0.3 is 12.0 Å². The number of likely N-dealkylation sites (tertiary alicyclic amines) is 1. The maximum atomic E-state index is 12.1. The highest BCUT2D eigenvalue weighted by molar-refractivity contribution is 5.80. The quantitative estimate of drug-likeness (QED) is 0.738. The molecule has 1 heterocycles. The Bertz CT molecular complexity index is 334. The zero-order valence-corrected chi connectivity index (χ0v) is 12.8. The summed E-state index contributed by atoms with van der Waals surface area (Å²) in [6, 6.07) is 0.110. The van der Waals surface area contributed by atoms with Crippen molar-refractivity contribution < 1.29 is 14.7 Å². The summed E-state index contributed by atoms with van der Waals surface area (Å²) in [5.74, 6) is -0.726. The summed E-state index contributed by atoms with van der Waals surface area (Å²) in [7, 11) is 0. The second kappa shape index (κ2) is 8.09. The van der Waals surface area contributed by atoms with Gasteiger partial charge < -0.3 is 15.3 Å². The molecule has 1 fully saturated rings. The molecule has 1 unspecified atom stereocenters. The number of rotatable bonds is 7. The lowest BCUT2D eigenvalue weighted by atomic mass is 10.2. The number of aliphatic carboxylic acids is 1. The topological polar surface area (TPSA) is 72.9 Å². The Balaban J connectivity index is 2.46. The fourth-order valence-electron chi connectivity index (χ4n) is 2.68. The molecule has 1 atom stereocenters. The molecule has 0 aromatic carbocycles. The average Bonchev–Trinajstić information content (AvgIpc) is 2.81. The number of carbonyl (C=O) groups is 2. The molecule has 0 spiro atoms. The van der Waals surface area contributed by atoms with Gasteiger partial charge in [-0.2, -0.15) is 0 Å². The minimum Gasteiger partial charge on any atom is -0.480 e. The van der Waals surface area contributed by atoms with Crippen LogP contribution in [0.4, 0.5) is 4.79 Å². The molecular formula is C14H27N3O3. The summed E-state index contributed by atoms with van der Waals surface area (Å²) in [5, 5.41) is 11.8. The van der Waals surface area contributed by atoms with Gasteiger partial charge in [-0.05, 0) is 31.8 Å². The predicted octanol–water partition coefficient (Wildman–Crippen LogP) is 1.22. The first kappa shape index (κ1) is 16.8. The Hall–Kier alpha value is -1.30. The first-order chi connectivity index (χ1) is 9.43. The monoisotopic (exact) mass is 285 g/mol. The second-order valence-electron chi connectivity index (χ2n) is 5.78. The molecule has 0 radical (unpaired) electrons. The van der Waals surface area contributed by atoms with Crippen molar-refractivity contribution in [1.29, 1.82) is 0 Å². The highest BCUT2D eigenvalue weighted by Gasteiger charge is 2.24. The summed E-state index contributed by atoms with van der Waals surface area (Å²) in [6.07, 6.45) is 2.26. The van der Waals surface area contributed by atoms with Crippen molar-refractivity contribution in [2.75, 3.05) is 32.7 Å². The molecule has 2 amide bonds. The third-order valence-corrected chi connectivity index (χ3v) is 3.59. The van der Waals surface area contributed by atoms with E-state index in [1.54, 1.807) is 0 Å². The number of nitrogens with zero attached hydrogens (tertiary/aromatic N) is 2. The van der Waals surface area contributed by atoms with E-state index in [9.17, 15) is 9.59 Å². The molecule has 6 nitrogen and oxygen atoms in total. The summed E-state index contributed by atoms with van der Waals surface area (Å²) in [4.78, 5) is 26.6. The molecule has 2 N–H and O–H groups in total. The molecular weight excluding hydrogens is 258 g/mol. The van der Waals surface area contributed by atoms with Crippen molar-refractivity contribution in [3.8, 4) is 0 Å². The lowest BCUT2D eigenvalue weighted by Crippen LogP contribution is -2.48. The first-order valence-corrected chi connectivity index (χ1v) is 7.42. The third kappa shape index (κ3) is 5.36. The maximum absolute atomic E-state index is 12.1. The van der Waals surface area contributed by atoms with Crippen LogP contribution >= 0.6 is 0 Å². The van der Waals surface area contributed by atoms with Gasteiger partial charge in [0.15, 0.2) is 0 Å². The number of nitrogens with one attached hydrogen (secondary N) is 1. The average molecular weight is 285 g/mol. The molecule has 1 aliphatic rings. The highest BCUT2D eigenvalue weighted by Crippen LogP contribution is 2.15. The molecule has 20 heavy (non-hydrogen) atoms. The van der Waals surface area contributed by atoms with Crippen molar-refractivity contribution in [2.45, 2.75) is 39.7 Å². The number of urea groups is 1. The first-order valence-electron chi connectivity index (χ1n) is 7.42. The predicted molar refractivity (Wildman–Crippen MR) is 77.7 cm³/mol. The Kier molecular flexibility index (Phi) is 6.78. The number of amides is 2. The molecule has 1 rings (SSSR count). The van der Waals surface area contributed by atoms with Crippen LogP contribution < -0.4 is 5.32 Å². The van der Waals surface area contributed by atoms with Crippen LogP contribution in [0.25, 0.3) is 0 Å². The highest BCUT2D eigenvalue weighted by atomic mass is 16.4. The number of carbonyl (C=O) groups excluding carboxylic acids is 1.